The molecule has 0 bridgehead atoms. The molecule has 0 atom stereocenters. The van der Waals surface area contributed by atoms with Crippen LogP contribution in [0, 0.1) is 0 Å². The number of carboxylic acid groups (broad SMARTS) is 1. The van der Waals surface area contributed by atoms with Gasteiger partial charge in [-0.25, -0.2) is 9.79 Å². The highest BCUT2D eigenvalue weighted by atomic mass is 32.2. The van der Waals surface area contributed by atoms with Gasteiger partial charge in [0.25, 0.3) is 5.91 Å². The molecule has 1 fully saturated rings. The van der Waals surface area contributed by atoms with Crippen LogP contribution in [0.5, 0.6) is 11.5 Å². The van der Waals surface area contributed by atoms with Crippen LogP contribution in [0.1, 0.15) is 15.9 Å². The van der Waals surface area contributed by atoms with E-state index >= 15 is 0 Å². The molecule has 8 heteroatoms. The van der Waals surface area contributed by atoms with Gasteiger partial charge in [-0.1, -0.05) is 24.3 Å². The molecule has 7 nitrogen and oxygen atoms in total. The number of thioether (sulfide) groups is 1. The SMILES string of the molecule is C=CCN1C(=O)/C(=C/c2ccccc2O)SC1=Nc1ccc(C(=O)O)c(O)c1. The van der Waals surface area contributed by atoms with Crippen LogP contribution >= 0.6 is 11.8 Å². The summed E-state index contributed by atoms with van der Waals surface area (Å²) in [6, 6.07) is 10.6. The molecule has 2 aromatic rings. The van der Waals surface area contributed by atoms with Crippen LogP contribution in [0.25, 0.3) is 6.08 Å². The molecular weight excluding hydrogens is 380 g/mol. The van der Waals surface area contributed by atoms with Crippen molar-refractivity contribution in [2.45, 2.75) is 0 Å². The lowest BCUT2D eigenvalue weighted by Gasteiger charge is -2.12. The number of phenolic OH excluding ortho intramolecular Hbond substituents is 1. The highest BCUT2D eigenvalue weighted by molar-refractivity contribution is 8.18. The number of aliphatic imine (C=N–C) groups is 1. The average Bonchev–Trinajstić information content (AvgIpc) is 2.92. The van der Waals surface area contributed by atoms with E-state index in [1.807, 2.05) is 0 Å². The van der Waals surface area contributed by atoms with Crippen molar-refractivity contribution in [1.29, 1.82) is 0 Å². The molecule has 1 saturated heterocycles. The zero-order valence-corrected chi connectivity index (χ0v) is 15.4. The van der Waals surface area contributed by atoms with Gasteiger partial charge in [0.15, 0.2) is 5.17 Å². The Kier molecular flexibility index (Phi) is 5.51. The van der Waals surface area contributed by atoms with Gasteiger partial charge >= 0.3 is 5.97 Å². The van der Waals surface area contributed by atoms with E-state index in [2.05, 4.69) is 11.6 Å². The molecule has 3 N–H and O–H groups in total. The molecule has 3 rings (SSSR count). The molecule has 142 valence electrons. The normalized spacial score (nSPS) is 16.7. The van der Waals surface area contributed by atoms with Gasteiger partial charge in [0.1, 0.15) is 17.1 Å². The summed E-state index contributed by atoms with van der Waals surface area (Å²) in [5, 5.41) is 29.1. The third-order valence-electron chi connectivity index (χ3n) is 3.86. The van der Waals surface area contributed by atoms with Gasteiger partial charge in [-0.15, -0.1) is 6.58 Å². The zero-order valence-electron chi connectivity index (χ0n) is 14.6. The first-order chi connectivity index (χ1) is 13.4. The van der Waals surface area contributed by atoms with Gasteiger partial charge in [-0.2, -0.15) is 0 Å². The Bertz CT molecular complexity index is 1030. The van der Waals surface area contributed by atoms with Crippen LogP contribution in [0.15, 0.2) is 65.0 Å². The Morgan fingerprint density at radius 1 is 1.18 bits per heavy atom. The van der Waals surface area contributed by atoms with Crippen molar-refractivity contribution in [1.82, 2.24) is 4.90 Å². The van der Waals surface area contributed by atoms with Crippen molar-refractivity contribution >= 4 is 40.6 Å². The van der Waals surface area contributed by atoms with Crippen LogP contribution in [-0.2, 0) is 4.79 Å². The lowest BCUT2D eigenvalue weighted by molar-refractivity contribution is -0.121. The molecule has 0 aliphatic carbocycles. The topological polar surface area (TPSA) is 110 Å². The minimum absolute atomic E-state index is 0.0539. The van der Waals surface area contributed by atoms with Crippen LogP contribution in [0.2, 0.25) is 0 Å². The van der Waals surface area contributed by atoms with E-state index in [-0.39, 0.29) is 23.8 Å². The van der Waals surface area contributed by atoms with Crippen molar-refractivity contribution in [2.24, 2.45) is 4.99 Å². The summed E-state index contributed by atoms with van der Waals surface area (Å²) >= 11 is 1.11. The van der Waals surface area contributed by atoms with Crippen molar-refractivity contribution in [3.8, 4) is 11.5 Å². The van der Waals surface area contributed by atoms with E-state index in [1.165, 1.54) is 29.2 Å². The van der Waals surface area contributed by atoms with Gasteiger partial charge in [-0.3, -0.25) is 9.69 Å². The molecule has 0 spiro atoms. The van der Waals surface area contributed by atoms with E-state index in [4.69, 9.17) is 5.11 Å². The molecule has 0 aromatic heterocycles. The van der Waals surface area contributed by atoms with Crippen LogP contribution in [0.4, 0.5) is 5.69 Å². The Hall–Kier alpha value is -3.52. The fourth-order valence-electron chi connectivity index (χ4n) is 2.51. The minimum Gasteiger partial charge on any atom is -0.507 e. The van der Waals surface area contributed by atoms with E-state index in [1.54, 1.807) is 30.4 Å². The number of carbonyl (C=O) groups is 2. The molecule has 1 aliphatic heterocycles. The summed E-state index contributed by atoms with van der Waals surface area (Å²) < 4.78 is 0. The average molecular weight is 396 g/mol. The molecule has 1 aliphatic rings. The summed E-state index contributed by atoms with van der Waals surface area (Å²) in [7, 11) is 0. The van der Waals surface area contributed by atoms with Crippen LogP contribution in [-0.4, -0.2) is 43.8 Å². The quantitative estimate of drug-likeness (QED) is 0.526. The van der Waals surface area contributed by atoms with E-state index in [9.17, 15) is 19.8 Å². The number of amides is 1. The summed E-state index contributed by atoms with van der Waals surface area (Å²) in [6.45, 7) is 3.87. The van der Waals surface area contributed by atoms with E-state index in [0.717, 1.165) is 11.8 Å². The number of carbonyl (C=O) groups excluding carboxylic acids is 1. The highest BCUT2D eigenvalue weighted by Gasteiger charge is 2.32. The van der Waals surface area contributed by atoms with E-state index < -0.39 is 11.7 Å². The molecule has 2 aromatic carbocycles. The molecule has 28 heavy (non-hydrogen) atoms. The number of phenols is 2. The number of aromatic hydroxyl groups is 2. The summed E-state index contributed by atoms with van der Waals surface area (Å²) in [5.41, 5.74) is 0.569. The number of nitrogens with zero attached hydrogens (tertiary/aromatic N) is 2. The lowest BCUT2D eigenvalue weighted by Crippen LogP contribution is -2.29. The number of rotatable bonds is 5. The van der Waals surface area contributed by atoms with Gasteiger partial charge in [-0.05, 0) is 36.0 Å². The molecule has 1 amide bonds. The predicted molar refractivity (Wildman–Crippen MR) is 108 cm³/mol. The summed E-state index contributed by atoms with van der Waals surface area (Å²) in [6.07, 6.45) is 3.13. The second-order valence-corrected chi connectivity index (χ2v) is 6.78. The Morgan fingerprint density at radius 3 is 2.57 bits per heavy atom. The summed E-state index contributed by atoms with van der Waals surface area (Å²) in [5.74, 6) is -1.90. The van der Waals surface area contributed by atoms with Crippen LogP contribution in [0.3, 0.4) is 0 Å². The number of hydrogen-bond donors (Lipinski definition) is 3. The fraction of sp³-hybridized carbons (Fsp3) is 0.0500. The molecular formula is C20H16N2O5S. The molecule has 0 radical (unpaired) electrons. The van der Waals surface area contributed by atoms with E-state index in [0.29, 0.717) is 21.3 Å². The monoisotopic (exact) mass is 396 g/mol. The number of amidine groups is 1. The second kappa shape index (κ2) is 8.01. The highest BCUT2D eigenvalue weighted by Crippen LogP contribution is 2.36. The summed E-state index contributed by atoms with van der Waals surface area (Å²) in [4.78, 5) is 29.9. The van der Waals surface area contributed by atoms with Crippen molar-refractivity contribution in [3.63, 3.8) is 0 Å². The Morgan fingerprint density at radius 2 is 1.93 bits per heavy atom. The number of carboxylic acids is 1. The second-order valence-electron chi connectivity index (χ2n) is 5.77. The third-order valence-corrected chi connectivity index (χ3v) is 4.87. The first-order valence-electron chi connectivity index (χ1n) is 8.16. The molecule has 0 unspecified atom stereocenters. The van der Waals surface area contributed by atoms with Crippen molar-refractivity contribution in [3.05, 3.63) is 71.2 Å². The van der Waals surface area contributed by atoms with Crippen molar-refractivity contribution < 1.29 is 24.9 Å². The smallest absolute Gasteiger partial charge is 0.339 e. The molecule has 0 saturated carbocycles. The number of aromatic carboxylic acids is 1. The van der Waals surface area contributed by atoms with Gasteiger partial charge in [0.2, 0.25) is 0 Å². The number of benzene rings is 2. The largest absolute Gasteiger partial charge is 0.507 e. The number of para-hydroxylation sites is 1. The Labute approximate surface area is 165 Å². The van der Waals surface area contributed by atoms with Crippen LogP contribution < -0.4 is 0 Å². The van der Waals surface area contributed by atoms with Gasteiger partial charge < -0.3 is 15.3 Å². The Balaban J connectivity index is 1.98. The maximum Gasteiger partial charge on any atom is 0.339 e. The van der Waals surface area contributed by atoms with Crippen molar-refractivity contribution in [2.75, 3.05) is 6.54 Å². The zero-order chi connectivity index (χ0) is 20.3. The minimum atomic E-state index is -1.25. The molecule has 1 heterocycles. The van der Waals surface area contributed by atoms with Gasteiger partial charge in [0.05, 0.1) is 10.6 Å². The fourth-order valence-corrected chi connectivity index (χ4v) is 3.51. The number of hydrogen-bond acceptors (Lipinski definition) is 6. The first-order valence-corrected chi connectivity index (χ1v) is 8.97. The first kappa shape index (κ1) is 19.2. The standard InChI is InChI=1S/C20H16N2O5S/c1-2-9-22-18(25)17(10-12-5-3-4-6-15(12)23)28-20(22)21-13-7-8-14(19(26)27)16(24)11-13/h2-8,10-11,23-24H,1,9H2,(H,26,27)/b17-10-,21-20?. The maximum absolute atomic E-state index is 12.7. The predicted octanol–water partition coefficient (Wildman–Crippen LogP) is 3.59. The lowest BCUT2D eigenvalue weighted by atomic mass is 10.2. The third kappa shape index (κ3) is 3.91. The van der Waals surface area contributed by atoms with Gasteiger partial charge in [0, 0.05) is 18.2 Å². The maximum atomic E-state index is 12.7.